The zero-order valence-electron chi connectivity index (χ0n) is 17.3. The number of benzene rings is 2. The number of ketones is 1. The minimum Gasteiger partial charge on any atom is -0.504 e. The molecule has 6 heteroatoms. The lowest BCUT2D eigenvalue weighted by atomic mass is 9.85. The Bertz CT molecular complexity index is 1030. The summed E-state index contributed by atoms with van der Waals surface area (Å²) in [6.45, 7) is 4.06. The summed E-state index contributed by atoms with van der Waals surface area (Å²) >= 11 is 0. The first-order valence-corrected chi connectivity index (χ1v) is 10.4. The van der Waals surface area contributed by atoms with Crippen LogP contribution in [0.4, 0.5) is 11.4 Å². The van der Waals surface area contributed by atoms with Gasteiger partial charge in [0, 0.05) is 24.1 Å². The summed E-state index contributed by atoms with van der Waals surface area (Å²) in [4.78, 5) is 28.1. The number of phenols is 1. The lowest BCUT2D eigenvalue weighted by molar-refractivity contribution is -0.118. The second kappa shape index (κ2) is 8.22. The highest BCUT2D eigenvalue weighted by molar-refractivity contribution is 6.06. The third-order valence-electron chi connectivity index (χ3n) is 5.61. The second-order valence-corrected chi connectivity index (χ2v) is 7.49. The molecular formula is C24H26N2O4. The first-order valence-electron chi connectivity index (χ1n) is 10.4. The van der Waals surface area contributed by atoms with Crippen LogP contribution in [0.2, 0.25) is 0 Å². The van der Waals surface area contributed by atoms with Gasteiger partial charge in [0.15, 0.2) is 17.3 Å². The maximum absolute atomic E-state index is 13.2. The SMILES string of the molecule is CCOc1cc([C@H]2C3=C(CCCC3=O)Nc3ccccc3N2C(=O)CC)ccc1O. The van der Waals surface area contributed by atoms with Crippen molar-refractivity contribution in [1.82, 2.24) is 0 Å². The molecule has 156 valence electrons. The fourth-order valence-electron chi connectivity index (χ4n) is 4.27. The van der Waals surface area contributed by atoms with Gasteiger partial charge in [0.2, 0.25) is 5.91 Å². The molecule has 0 aromatic heterocycles. The van der Waals surface area contributed by atoms with Crippen LogP contribution in [-0.4, -0.2) is 23.4 Å². The molecule has 1 aliphatic heterocycles. The number of Topliss-reactive ketones (excluding diaryl/α,β-unsaturated/α-hetero) is 1. The smallest absolute Gasteiger partial charge is 0.227 e. The number of aromatic hydroxyl groups is 1. The van der Waals surface area contributed by atoms with Crippen LogP contribution in [0.5, 0.6) is 11.5 Å². The van der Waals surface area contributed by atoms with E-state index >= 15 is 0 Å². The highest BCUT2D eigenvalue weighted by Gasteiger charge is 2.39. The number of fused-ring (bicyclic) bond motifs is 1. The van der Waals surface area contributed by atoms with Crippen LogP contribution in [0.3, 0.4) is 0 Å². The molecule has 0 radical (unpaired) electrons. The number of hydrogen-bond donors (Lipinski definition) is 2. The summed E-state index contributed by atoms with van der Waals surface area (Å²) in [5, 5.41) is 13.6. The summed E-state index contributed by atoms with van der Waals surface area (Å²) in [6, 6.07) is 12.1. The molecule has 0 saturated heterocycles. The molecule has 0 unspecified atom stereocenters. The van der Waals surface area contributed by atoms with Gasteiger partial charge in [0.25, 0.3) is 0 Å². The molecule has 4 rings (SSSR count). The minimum absolute atomic E-state index is 0.0327. The summed E-state index contributed by atoms with van der Waals surface area (Å²) in [5.74, 6) is 0.342. The largest absolute Gasteiger partial charge is 0.504 e. The number of nitrogens with zero attached hydrogens (tertiary/aromatic N) is 1. The lowest BCUT2D eigenvalue weighted by Crippen LogP contribution is -2.37. The number of anilines is 2. The van der Waals surface area contributed by atoms with Crippen molar-refractivity contribution >= 4 is 23.1 Å². The Labute approximate surface area is 176 Å². The third-order valence-corrected chi connectivity index (χ3v) is 5.61. The first-order chi connectivity index (χ1) is 14.5. The molecule has 0 saturated carbocycles. The van der Waals surface area contributed by atoms with E-state index in [1.54, 1.807) is 23.1 Å². The van der Waals surface area contributed by atoms with Gasteiger partial charge in [0.05, 0.1) is 24.0 Å². The summed E-state index contributed by atoms with van der Waals surface area (Å²) in [7, 11) is 0. The highest BCUT2D eigenvalue weighted by Crippen LogP contribution is 2.46. The van der Waals surface area contributed by atoms with Crippen LogP contribution in [0.25, 0.3) is 0 Å². The van der Waals surface area contributed by atoms with Gasteiger partial charge < -0.3 is 15.2 Å². The fourth-order valence-corrected chi connectivity index (χ4v) is 4.27. The molecule has 1 atom stereocenters. The van der Waals surface area contributed by atoms with Crippen molar-refractivity contribution in [2.45, 2.75) is 45.6 Å². The van der Waals surface area contributed by atoms with Crippen molar-refractivity contribution in [2.24, 2.45) is 0 Å². The minimum atomic E-state index is -0.587. The van der Waals surface area contributed by atoms with E-state index in [4.69, 9.17) is 4.74 Å². The van der Waals surface area contributed by atoms with Gasteiger partial charge in [-0.1, -0.05) is 25.1 Å². The molecule has 6 nitrogen and oxygen atoms in total. The van der Waals surface area contributed by atoms with Crippen molar-refractivity contribution in [3.05, 3.63) is 59.3 Å². The average molecular weight is 406 g/mol. The Hall–Kier alpha value is -3.28. The number of nitrogens with one attached hydrogen (secondary N) is 1. The topological polar surface area (TPSA) is 78.9 Å². The summed E-state index contributed by atoms with van der Waals surface area (Å²) in [6.07, 6.45) is 2.29. The molecule has 30 heavy (non-hydrogen) atoms. The van der Waals surface area contributed by atoms with Crippen LogP contribution in [0.1, 0.15) is 51.1 Å². The van der Waals surface area contributed by atoms with Gasteiger partial charge >= 0.3 is 0 Å². The number of hydrogen-bond acceptors (Lipinski definition) is 5. The van der Waals surface area contributed by atoms with Gasteiger partial charge in [0.1, 0.15) is 0 Å². The monoisotopic (exact) mass is 406 g/mol. The van der Waals surface area contributed by atoms with Crippen LogP contribution < -0.4 is 15.0 Å². The Kier molecular flexibility index (Phi) is 5.48. The average Bonchev–Trinajstić information content (AvgIpc) is 2.90. The molecule has 2 aromatic carbocycles. The molecule has 2 N–H and O–H groups in total. The Morgan fingerprint density at radius 1 is 1.20 bits per heavy atom. The van der Waals surface area contributed by atoms with Gasteiger partial charge in [-0.3, -0.25) is 14.5 Å². The van der Waals surface area contributed by atoms with E-state index in [-0.39, 0.29) is 17.4 Å². The fraction of sp³-hybridized carbons (Fsp3) is 0.333. The van der Waals surface area contributed by atoms with Crippen molar-refractivity contribution in [1.29, 1.82) is 0 Å². The molecule has 2 aromatic rings. The molecule has 0 bridgehead atoms. The highest BCUT2D eigenvalue weighted by atomic mass is 16.5. The van der Waals surface area contributed by atoms with Gasteiger partial charge in [-0.05, 0) is 49.6 Å². The van der Waals surface area contributed by atoms with Gasteiger partial charge in [-0.25, -0.2) is 0 Å². The first kappa shape index (κ1) is 20.0. The Balaban J connectivity index is 1.98. The third kappa shape index (κ3) is 3.43. The number of carbonyl (C=O) groups is 2. The quantitative estimate of drug-likeness (QED) is 0.769. The Morgan fingerprint density at radius 3 is 2.77 bits per heavy atom. The normalized spacial score (nSPS) is 18.3. The number of carbonyl (C=O) groups excluding carboxylic acids is 2. The van der Waals surface area contributed by atoms with Crippen molar-refractivity contribution in [3.8, 4) is 11.5 Å². The molecular weight excluding hydrogens is 380 g/mol. The number of ether oxygens (including phenoxy) is 1. The van der Waals surface area contributed by atoms with Crippen molar-refractivity contribution in [2.75, 3.05) is 16.8 Å². The van der Waals surface area contributed by atoms with E-state index in [0.29, 0.717) is 30.8 Å². The van der Waals surface area contributed by atoms with E-state index in [1.165, 1.54) is 0 Å². The van der Waals surface area contributed by atoms with Gasteiger partial charge in [-0.2, -0.15) is 0 Å². The van der Waals surface area contributed by atoms with E-state index in [0.717, 1.165) is 35.5 Å². The number of allylic oxidation sites excluding steroid dienone is 1. The zero-order chi connectivity index (χ0) is 21.3. The van der Waals surface area contributed by atoms with Crippen molar-refractivity contribution < 1.29 is 19.4 Å². The predicted octanol–water partition coefficient (Wildman–Crippen LogP) is 4.71. The standard InChI is InChI=1S/C24H26N2O4/c1-3-22(29)26-18-10-6-5-8-16(18)25-17-9-7-11-20(28)23(17)24(26)15-12-13-19(27)21(14-15)30-4-2/h5-6,8,10,12-14,24-25,27H,3-4,7,9,11H2,1-2H3/t24-/m0/s1. The number of phenolic OH excluding ortho intramolecular Hbond substituents is 1. The van der Waals surface area contributed by atoms with E-state index in [2.05, 4.69) is 5.32 Å². The van der Waals surface area contributed by atoms with Gasteiger partial charge in [-0.15, -0.1) is 0 Å². The Morgan fingerprint density at radius 2 is 2.00 bits per heavy atom. The number of rotatable bonds is 4. The second-order valence-electron chi connectivity index (χ2n) is 7.49. The zero-order valence-corrected chi connectivity index (χ0v) is 17.3. The molecule has 0 fully saturated rings. The van der Waals surface area contributed by atoms with E-state index < -0.39 is 6.04 Å². The van der Waals surface area contributed by atoms with Crippen LogP contribution in [0.15, 0.2) is 53.7 Å². The van der Waals surface area contributed by atoms with Crippen molar-refractivity contribution in [3.63, 3.8) is 0 Å². The molecule has 1 aliphatic carbocycles. The predicted molar refractivity (Wildman–Crippen MR) is 116 cm³/mol. The maximum Gasteiger partial charge on any atom is 0.227 e. The van der Waals surface area contributed by atoms with Crippen LogP contribution in [0, 0.1) is 0 Å². The molecule has 2 aliphatic rings. The molecule has 1 heterocycles. The molecule has 1 amide bonds. The van der Waals surface area contributed by atoms with E-state index in [1.807, 2.05) is 38.1 Å². The summed E-state index contributed by atoms with van der Waals surface area (Å²) < 4.78 is 5.58. The molecule has 0 spiro atoms. The van der Waals surface area contributed by atoms with Crippen LogP contribution in [-0.2, 0) is 9.59 Å². The lowest BCUT2D eigenvalue weighted by Gasteiger charge is -2.34. The number of para-hydroxylation sites is 2. The van der Waals surface area contributed by atoms with Crippen LogP contribution >= 0.6 is 0 Å². The maximum atomic E-state index is 13.2. The van der Waals surface area contributed by atoms with E-state index in [9.17, 15) is 14.7 Å². The number of amides is 1. The summed E-state index contributed by atoms with van der Waals surface area (Å²) in [5.41, 5.74) is 3.77.